The number of hydrogen-bond donors (Lipinski definition) is 9. The van der Waals surface area contributed by atoms with Crippen LogP contribution >= 0.6 is 0 Å². The molecule has 2 aromatic rings. The molecular formula is C53H73N7O13. The van der Waals surface area contributed by atoms with E-state index in [1.54, 1.807) is 45.2 Å². The highest BCUT2D eigenvalue weighted by Crippen LogP contribution is 2.20. The van der Waals surface area contributed by atoms with Gasteiger partial charge >= 0.3 is 11.9 Å². The van der Waals surface area contributed by atoms with E-state index in [1.807, 2.05) is 50.3 Å². The van der Waals surface area contributed by atoms with Crippen molar-refractivity contribution < 1.29 is 63.2 Å². The second-order valence-corrected chi connectivity index (χ2v) is 19.0. The average Bonchev–Trinajstić information content (AvgIpc) is 3.34. The number of nitrogens with one attached hydrogen (secondary N) is 6. The van der Waals surface area contributed by atoms with Crippen LogP contribution < -0.4 is 31.9 Å². The normalized spacial score (nSPS) is 25.0. The first kappa shape index (κ1) is 60.0. The summed E-state index contributed by atoms with van der Waals surface area (Å²) in [5.41, 5.74) is 2.03. The van der Waals surface area contributed by atoms with Crippen molar-refractivity contribution >= 4 is 53.3 Å². The number of phenols is 1. The number of ether oxygens (including phenoxy) is 1. The van der Waals surface area contributed by atoms with Gasteiger partial charge in [0.15, 0.2) is 0 Å². The molecule has 10 atom stereocenters. The maximum Gasteiger partial charge on any atom is 0.327 e. The number of carboxylic acids is 2. The predicted molar refractivity (Wildman–Crippen MR) is 271 cm³/mol. The molecule has 20 heteroatoms. The number of methoxy groups -OCH3 is 1. The molecule has 20 nitrogen and oxygen atoms in total. The lowest BCUT2D eigenvalue weighted by molar-refractivity contribution is -0.146. The monoisotopic (exact) mass is 1020 g/mol. The Morgan fingerprint density at radius 1 is 0.767 bits per heavy atom. The molecule has 73 heavy (non-hydrogen) atoms. The molecule has 0 unspecified atom stereocenters. The topological polar surface area (TPSA) is 299 Å². The Hall–Kier alpha value is -7.35. The molecule has 1 aliphatic rings. The van der Waals surface area contributed by atoms with Crippen LogP contribution in [0.15, 0.2) is 90.7 Å². The Bertz CT molecular complexity index is 2350. The van der Waals surface area contributed by atoms with Crippen LogP contribution in [0.1, 0.15) is 85.3 Å². The van der Waals surface area contributed by atoms with Crippen LogP contribution in [0.2, 0.25) is 0 Å². The van der Waals surface area contributed by atoms with Crippen molar-refractivity contribution in [1.82, 2.24) is 36.8 Å². The summed E-state index contributed by atoms with van der Waals surface area (Å²) >= 11 is 0. The van der Waals surface area contributed by atoms with E-state index in [0.717, 1.165) is 10.5 Å². The third-order valence-corrected chi connectivity index (χ3v) is 12.7. The average molecular weight is 1020 g/mol. The fourth-order valence-electron chi connectivity index (χ4n) is 7.93. The van der Waals surface area contributed by atoms with Gasteiger partial charge in [-0.15, -0.1) is 0 Å². The Labute approximate surface area is 426 Å². The van der Waals surface area contributed by atoms with Crippen molar-refractivity contribution in [3.63, 3.8) is 0 Å². The molecule has 0 saturated carbocycles. The molecule has 1 saturated heterocycles. The fourth-order valence-corrected chi connectivity index (χ4v) is 7.93. The first-order chi connectivity index (χ1) is 34.3. The van der Waals surface area contributed by atoms with Gasteiger partial charge in [-0.25, -0.2) is 9.59 Å². The van der Waals surface area contributed by atoms with Crippen LogP contribution in [-0.2, 0) is 60.7 Å². The number of aryl methyl sites for hydroxylation is 1. The number of carboxylic acid groups (broad SMARTS) is 2. The number of rotatable bonds is 14. The first-order valence-corrected chi connectivity index (χ1v) is 24.3. The van der Waals surface area contributed by atoms with Gasteiger partial charge < -0.3 is 56.9 Å². The lowest BCUT2D eigenvalue weighted by Gasteiger charge is -2.28. The summed E-state index contributed by atoms with van der Waals surface area (Å²) in [6.45, 7) is 14.9. The number of aromatic hydroxyl groups is 1. The number of nitrogens with zero attached hydrogens (tertiary/aromatic N) is 1. The highest BCUT2D eigenvalue weighted by atomic mass is 16.5. The molecule has 0 bridgehead atoms. The molecule has 1 fully saturated rings. The van der Waals surface area contributed by atoms with E-state index >= 15 is 0 Å². The number of likely N-dealkylation sites (N-methyl/N-ethyl adjacent to an activating group) is 1. The molecule has 0 aliphatic carbocycles. The number of amides is 7. The summed E-state index contributed by atoms with van der Waals surface area (Å²) < 4.78 is 5.83. The highest BCUT2D eigenvalue weighted by molar-refractivity contribution is 6.00. The third-order valence-electron chi connectivity index (χ3n) is 12.7. The van der Waals surface area contributed by atoms with Crippen molar-refractivity contribution in [1.29, 1.82) is 0 Å². The maximum absolute atomic E-state index is 14.6. The lowest BCUT2D eigenvalue weighted by atomic mass is 9.94. The van der Waals surface area contributed by atoms with Crippen molar-refractivity contribution in [3.05, 3.63) is 102 Å². The number of hydrogen-bond acceptors (Lipinski definition) is 11. The van der Waals surface area contributed by atoms with Gasteiger partial charge in [0.25, 0.3) is 5.91 Å². The van der Waals surface area contributed by atoms with Gasteiger partial charge in [-0.3, -0.25) is 33.6 Å². The molecule has 9 N–H and O–H groups in total. The molecule has 1 aliphatic heterocycles. The van der Waals surface area contributed by atoms with Gasteiger partial charge in [0.05, 0.1) is 24.0 Å². The smallest absolute Gasteiger partial charge is 0.327 e. The summed E-state index contributed by atoms with van der Waals surface area (Å²) in [6.07, 6.45) is 4.73. The van der Waals surface area contributed by atoms with Crippen molar-refractivity contribution in [2.45, 2.75) is 129 Å². The van der Waals surface area contributed by atoms with E-state index < -0.39 is 120 Å². The Kier molecular flexibility index (Phi) is 23.5. The molecule has 7 amide bonds. The molecule has 2 aromatic carbocycles. The van der Waals surface area contributed by atoms with E-state index in [-0.39, 0.29) is 43.0 Å². The number of benzene rings is 2. The number of carbonyl (C=O) groups excluding carboxylic acids is 7. The zero-order valence-electron chi connectivity index (χ0n) is 43.1. The van der Waals surface area contributed by atoms with Gasteiger partial charge in [0.2, 0.25) is 35.4 Å². The van der Waals surface area contributed by atoms with Crippen LogP contribution in [-0.4, -0.2) is 130 Å². The number of carbonyl (C=O) groups is 9. The summed E-state index contributed by atoms with van der Waals surface area (Å²) in [5, 5.41) is 45.7. The zero-order valence-corrected chi connectivity index (χ0v) is 43.1. The van der Waals surface area contributed by atoms with Gasteiger partial charge in [-0.1, -0.05) is 107 Å². The summed E-state index contributed by atoms with van der Waals surface area (Å²) in [7, 11) is 2.83. The second-order valence-electron chi connectivity index (χ2n) is 19.0. The van der Waals surface area contributed by atoms with E-state index in [2.05, 4.69) is 38.5 Å². The van der Waals surface area contributed by atoms with E-state index in [9.17, 15) is 58.5 Å². The SMILES string of the molecule is C=C1C(=O)N[C@H](C)C(=O)N[C@@H](CC(C)C)C(=O)N[C@@H](C(=O)O)[C@H](C)C(=O)N[C@@H](CCc2ccc(O)cc2)C(=O)N[C@@H](C=C/C(C)=C/[C@H](C)[C@H](Cc2ccccc2)OC)[C@H](C)C(=O)N[C@@H](C(=O)O)CCC(=O)N1C. The van der Waals surface area contributed by atoms with Gasteiger partial charge in [0, 0.05) is 26.5 Å². The van der Waals surface area contributed by atoms with Gasteiger partial charge in [-0.2, -0.15) is 0 Å². The molecule has 1 heterocycles. The van der Waals surface area contributed by atoms with E-state index in [0.29, 0.717) is 17.6 Å². The summed E-state index contributed by atoms with van der Waals surface area (Å²) in [4.78, 5) is 123. The van der Waals surface area contributed by atoms with Crippen molar-refractivity contribution in [2.24, 2.45) is 23.7 Å². The summed E-state index contributed by atoms with van der Waals surface area (Å²) in [5.74, 6) is -12.3. The van der Waals surface area contributed by atoms with E-state index in [4.69, 9.17) is 4.74 Å². The van der Waals surface area contributed by atoms with E-state index in [1.165, 1.54) is 40.0 Å². The van der Waals surface area contributed by atoms with Crippen LogP contribution in [0.5, 0.6) is 5.75 Å². The predicted octanol–water partition coefficient (Wildman–Crippen LogP) is 2.90. The quantitative estimate of drug-likeness (QED) is 0.0973. The summed E-state index contributed by atoms with van der Waals surface area (Å²) in [6, 6.07) is 7.12. The minimum Gasteiger partial charge on any atom is -0.508 e. The highest BCUT2D eigenvalue weighted by Gasteiger charge is 2.37. The minimum absolute atomic E-state index is 0.00756. The number of phenolic OH excluding ortho intramolecular Hbond substituents is 1. The first-order valence-electron chi connectivity index (χ1n) is 24.3. The van der Waals surface area contributed by atoms with Gasteiger partial charge in [-0.05, 0) is 75.1 Å². The molecule has 398 valence electrons. The standard InChI is InChI=1S/C53H73N7O13/c1-29(2)26-42-51(68)59-45(53(71)72)33(6)47(64)56-40(23-19-36-17-20-38(61)21-18-36)50(67)55-39(22-16-30(3)27-31(4)43(73-10)28-37-14-12-11-13-15-37)32(5)46(63)57-41(52(69)70)24-25-44(62)60(9)35(8)49(66)54-34(7)48(65)58-42/h11-18,20-22,27,29,31-34,39-43,45,61H,8,19,23-26,28H2,1-7,9-10H3,(H,54,66)(H,55,67)(H,56,64)(H,57,63)(H,58,65)(H,59,68)(H,69,70)(H,71,72)/b22-16?,30-27+/t31-,32-,33-,34+,39-,40-,41+,42-,43-,45+/m0/s1. The molecule has 0 aromatic heterocycles. The molecule has 3 rings (SSSR count). The van der Waals surface area contributed by atoms with Crippen LogP contribution in [0.25, 0.3) is 0 Å². The maximum atomic E-state index is 14.6. The van der Waals surface area contributed by atoms with Crippen LogP contribution in [0.3, 0.4) is 0 Å². The van der Waals surface area contributed by atoms with Crippen LogP contribution in [0.4, 0.5) is 0 Å². The number of allylic oxidation sites excluding steroid dienone is 2. The zero-order chi connectivity index (χ0) is 54.7. The largest absolute Gasteiger partial charge is 0.508 e. The van der Waals surface area contributed by atoms with Crippen molar-refractivity contribution in [3.8, 4) is 5.75 Å². The number of aliphatic carboxylic acids is 2. The Morgan fingerprint density at radius 2 is 1.37 bits per heavy atom. The van der Waals surface area contributed by atoms with Crippen LogP contribution in [0, 0.1) is 23.7 Å². The Balaban J connectivity index is 2.15. The third kappa shape index (κ3) is 19.0. The molecule has 0 radical (unpaired) electrons. The second kappa shape index (κ2) is 28.6. The fraction of sp³-hybridized carbons (Fsp3) is 0.491. The Morgan fingerprint density at radius 3 is 1.96 bits per heavy atom. The van der Waals surface area contributed by atoms with Gasteiger partial charge in [0.1, 0.15) is 41.7 Å². The lowest BCUT2D eigenvalue weighted by Crippen LogP contribution is -2.59. The molecular weight excluding hydrogens is 943 g/mol. The van der Waals surface area contributed by atoms with Crippen molar-refractivity contribution in [2.75, 3.05) is 14.2 Å². The molecule has 0 spiro atoms. The minimum atomic E-state index is -1.88.